The van der Waals surface area contributed by atoms with E-state index in [2.05, 4.69) is 5.32 Å². The molecule has 3 rings (SSSR count). The van der Waals surface area contributed by atoms with Crippen LogP contribution in [0.4, 0.5) is 0 Å². The Morgan fingerprint density at radius 1 is 1.32 bits per heavy atom. The second-order valence-corrected chi connectivity index (χ2v) is 7.81. The van der Waals surface area contributed by atoms with Crippen LogP contribution in [0.1, 0.15) is 6.42 Å². The Bertz CT molecular complexity index is 894. The average Bonchev–Trinajstić information content (AvgIpc) is 2.92. The lowest BCUT2D eigenvalue weighted by molar-refractivity contribution is -0.122. The van der Waals surface area contributed by atoms with Gasteiger partial charge in [0.05, 0.1) is 22.5 Å². The summed E-state index contributed by atoms with van der Waals surface area (Å²) in [6.45, 7) is -0.114. The van der Waals surface area contributed by atoms with Gasteiger partial charge in [0, 0.05) is 13.1 Å². The van der Waals surface area contributed by atoms with Gasteiger partial charge < -0.3 is 5.32 Å². The van der Waals surface area contributed by atoms with E-state index in [-0.39, 0.29) is 35.7 Å². The van der Waals surface area contributed by atoms with Gasteiger partial charge in [0.2, 0.25) is 5.91 Å². The van der Waals surface area contributed by atoms with Gasteiger partial charge in [-0.15, -0.1) is 0 Å². The van der Waals surface area contributed by atoms with Gasteiger partial charge in [0.25, 0.3) is 0 Å². The highest BCUT2D eigenvalue weighted by molar-refractivity contribution is 7.91. The number of nitrogens with one attached hydrogen (secondary N) is 1. The summed E-state index contributed by atoms with van der Waals surface area (Å²) in [6, 6.07) is 6.87. The highest BCUT2D eigenvalue weighted by Crippen LogP contribution is 2.13. The molecule has 7 nitrogen and oxygen atoms in total. The molecule has 1 N–H and O–H groups in total. The van der Waals surface area contributed by atoms with Crippen molar-refractivity contribution in [2.24, 2.45) is 7.05 Å². The Labute approximate surface area is 127 Å². The van der Waals surface area contributed by atoms with E-state index >= 15 is 0 Å². The Morgan fingerprint density at radius 2 is 2.00 bits per heavy atom. The van der Waals surface area contributed by atoms with Crippen LogP contribution in [-0.2, 0) is 28.2 Å². The molecule has 1 fully saturated rings. The van der Waals surface area contributed by atoms with Crippen LogP contribution < -0.4 is 11.0 Å². The first-order valence-electron chi connectivity index (χ1n) is 7.01. The third-order valence-corrected chi connectivity index (χ3v) is 5.72. The molecule has 0 spiro atoms. The second-order valence-electron chi connectivity index (χ2n) is 5.58. The first-order chi connectivity index (χ1) is 10.4. The molecule has 0 aliphatic carbocycles. The number of amides is 1. The van der Waals surface area contributed by atoms with Crippen LogP contribution in [0.3, 0.4) is 0 Å². The number of rotatable bonds is 3. The van der Waals surface area contributed by atoms with E-state index in [1.165, 1.54) is 9.13 Å². The molecule has 0 bridgehead atoms. The monoisotopic (exact) mass is 323 g/mol. The van der Waals surface area contributed by atoms with E-state index in [1.807, 2.05) is 12.1 Å². The van der Waals surface area contributed by atoms with Crippen molar-refractivity contribution in [2.45, 2.75) is 19.0 Å². The van der Waals surface area contributed by atoms with Crippen LogP contribution in [0.5, 0.6) is 0 Å². The topological polar surface area (TPSA) is 90.2 Å². The molecule has 118 valence electrons. The summed E-state index contributed by atoms with van der Waals surface area (Å²) in [5.41, 5.74) is 1.17. The zero-order chi connectivity index (χ0) is 15.9. The Hall–Kier alpha value is -2.09. The highest BCUT2D eigenvalue weighted by Gasteiger charge is 2.29. The number of aryl methyl sites for hydroxylation is 1. The van der Waals surface area contributed by atoms with Crippen molar-refractivity contribution in [3.05, 3.63) is 34.7 Å². The lowest BCUT2D eigenvalue weighted by atomic mass is 10.2. The fourth-order valence-electron chi connectivity index (χ4n) is 2.84. The molecule has 1 aliphatic heterocycles. The standard InChI is InChI=1S/C14H17N3O4S/c1-16-11-4-2-3-5-12(11)17(14(16)19)8-13(18)15-10-6-7-22(20,21)9-10/h2-5,10H,6-9H2,1H3,(H,15,18)/t10-/m1/s1. The minimum Gasteiger partial charge on any atom is -0.351 e. The quantitative estimate of drug-likeness (QED) is 0.835. The van der Waals surface area contributed by atoms with Gasteiger partial charge in [-0.3, -0.25) is 13.9 Å². The molecule has 2 aromatic rings. The average molecular weight is 323 g/mol. The van der Waals surface area contributed by atoms with Crippen molar-refractivity contribution < 1.29 is 13.2 Å². The largest absolute Gasteiger partial charge is 0.351 e. The first-order valence-corrected chi connectivity index (χ1v) is 8.83. The number of fused-ring (bicyclic) bond motifs is 1. The summed E-state index contributed by atoms with van der Waals surface area (Å²) in [6.07, 6.45) is 0.429. The molecule has 0 radical (unpaired) electrons. The van der Waals surface area contributed by atoms with E-state index in [9.17, 15) is 18.0 Å². The molecule has 1 saturated heterocycles. The number of hydrogen-bond donors (Lipinski definition) is 1. The lowest BCUT2D eigenvalue weighted by Crippen LogP contribution is -2.39. The van der Waals surface area contributed by atoms with Gasteiger partial charge in [-0.05, 0) is 18.6 Å². The lowest BCUT2D eigenvalue weighted by Gasteiger charge is -2.11. The highest BCUT2D eigenvalue weighted by atomic mass is 32.2. The van der Waals surface area contributed by atoms with Gasteiger partial charge in [0.15, 0.2) is 9.84 Å². The van der Waals surface area contributed by atoms with Gasteiger partial charge >= 0.3 is 5.69 Å². The third-order valence-electron chi connectivity index (χ3n) is 3.95. The molecule has 1 aromatic heterocycles. The normalized spacial score (nSPS) is 20.3. The maximum Gasteiger partial charge on any atom is 0.329 e. The Morgan fingerprint density at radius 3 is 2.64 bits per heavy atom. The summed E-state index contributed by atoms with van der Waals surface area (Å²) in [5.74, 6) is -0.268. The van der Waals surface area contributed by atoms with E-state index in [0.717, 1.165) is 5.52 Å². The zero-order valence-electron chi connectivity index (χ0n) is 12.2. The third kappa shape index (κ3) is 2.66. The van der Waals surface area contributed by atoms with E-state index in [0.29, 0.717) is 11.9 Å². The van der Waals surface area contributed by atoms with Gasteiger partial charge in [-0.1, -0.05) is 12.1 Å². The zero-order valence-corrected chi connectivity index (χ0v) is 13.0. The summed E-state index contributed by atoms with van der Waals surface area (Å²) < 4.78 is 25.7. The number of carbonyl (C=O) groups is 1. The van der Waals surface area contributed by atoms with E-state index in [1.54, 1.807) is 19.2 Å². The molecule has 1 amide bonds. The number of hydrogen-bond acceptors (Lipinski definition) is 4. The number of para-hydroxylation sites is 2. The van der Waals surface area contributed by atoms with Gasteiger partial charge in [-0.2, -0.15) is 0 Å². The van der Waals surface area contributed by atoms with Crippen molar-refractivity contribution in [3.63, 3.8) is 0 Å². The van der Waals surface area contributed by atoms with Crippen LogP contribution in [0, 0.1) is 0 Å². The SMILES string of the molecule is Cn1c(=O)n(CC(=O)N[C@@H]2CCS(=O)(=O)C2)c2ccccc21. The van der Waals surface area contributed by atoms with Crippen LogP contribution >= 0.6 is 0 Å². The molecular formula is C14H17N3O4S. The van der Waals surface area contributed by atoms with Crippen LogP contribution in [-0.4, -0.2) is 41.0 Å². The molecule has 1 atom stereocenters. The number of nitrogens with zero attached hydrogens (tertiary/aromatic N) is 2. The maximum atomic E-state index is 12.2. The summed E-state index contributed by atoms with van der Waals surface area (Å²) in [4.78, 5) is 24.3. The van der Waals surface area contributed by atoms with Crippen molar-refractivity contribution >= 4 is 26.8 Å². The minimum absolute atomic E-state index is 0.0246. The van der Waals surface area contributed by atoms with Gasteiger partial charge in [-0.25, -0.2) is 13.2 Å². The van der Waals surface area contributed by atoms with Crippen molar-refractivity contribution in [3.8, 4) is 0 Å². The predicted octanol–water partition coefficient (Wildman–Crippen LogP) is -0.357. The number of imidazole rings is 1. The summed E-state index contributed by atoms with van der Waals surface area (Å²) in [5, 5.41) is 2.70. The molecule has 8 heteroatoms. The molecule has 0 unspecified atom stereocenters. The number of benzene rings is 1. The maximum absolute atomic E-state index is 12.2. The van der Waals surface area contributed by atoms with Crippen LogP contribution in [0.2, 0.25) is 0 Å². The van der Waals surface area contributed by atoms with Crippen molar-refractivity contribution in [1.82, 2.24) is 14.5 Å². The molecule has 1 aromatic carbocycles. The van der Waals surface area contributed by atoms with Crippen molar-refractivity contribution in [1.29, 1.82) is 0 Å². The summed E-state index contributed by atoms with van der Waals surface area (Å²) >= 11 is 0. The van der Waals surface area contributed by atoms with Crippen LogP contribution in [0.25, 0.3) is 11.0 Å². The first kappa shape index (κ1) is 14.8. The Balaban J connectivity index is 1.80. The summed E-state index contributed by atoms with van der Waals surface area (Å²) in [7, 11) is -1.38. The molecule has 2 heterocycles. The molecular weight excluding hydrogens is 306 g/mol. The number of aromatic nitrogens is 2. The minimum atomic E-state index is -3.04. The second kappa shape index (κ2) is 5.28. The smallest absolute Gasteiger partial charge is 0.329 e. The number of carbonyl (C=O) groups excluding carboxylic acids is 1. The fourth-order valence-corrected chi connectivity index (χ4v) is 4.52. The van der Waals surface area contributed by atoms with Crippen molar-refractivity contribution in [2.75, 3.05) is 11.5 Å². The van der Waals surface area contributed by atoms with E-state index < -0.39 is 9.84 Å². The fraction of sp³-hybridized carbons (Fsp3) is 0.429. The molecule has 22 heavy (non-hydrogen) atoms. The van der Waals surface area contributed by atoms with Gasteiger partial charge in [0.1, 0.15) is 6.54 Å². The predicted molar refractivity (Wildman–Crippen MR) is 82.4 cm³/mol. The van der Waals surface area contributed by atoms with E-state index in [4.69, 9.17) is 0 Å². The molecule has 0 saturated carbocycles. The number of sulfone groups is 1. The van der Waals surface area contributed by atoms with Crippen LogP contribution in [0.15, 0.2) is 29.1 Å². The Kier molecular flexibility index (Phi) is 3.56. The molecule has 1 aliphatic rings.